The average Bonchev–Trinajstić information content (AvgIpc) is 3.14. The maximum atomic E-state index is 13.2. The van der Waals surface area contributed by atoms with Crippen LogP contribution in [0.3, 0.4) is 0 Å². The number of amides is 1. The fourth-order valence-electron chi connectivity index (χ4n) is 3.18. The van der Waals surface area contributed by atoms with Crippen LogP contribution >= 0.6 is 0 Å². The molecule has 10 heteroatoms. The van der Waals surface area contributed by atoms with Gasteiger partial charge in [-0.1, -0.05) is 24.9 Å². The number of anilines is 1. The van der Waals surface area contributed by atoms with Crippen molar-refractivity contribution in [1.29, 1.82) is 0 Å². The molecule has 1 aliphatic rings. The molecule has 1 aliphatic heterocycles. The number of alkyl halides is 3. The van der Waals surface area contributed by atoms with Gasteiger partial charge in [-0.15, -0.1) is 0 Å². The van der Waals surface area contributed by atoms with Gasteiger partial charge in [-0.3, -0.25) is 14.5 Å². The Morgan fingerprint density at radius 3 is 2.62 bits per heavy atom. The van der Waals surface area contributed by atoms with Crippen molar-refractivity contribution in [1.82, 2.24) is 10.1 Å². The third kappa shape index (κ3) is 4.75. The fraction of sp³-hybridized carbons (Fsp3) is 0.688. The summed E-state index contributed by atoms with van der Waals surface area (Å²) in [7, 11) is 0. The van der Waals surface area contributed by atoms with Crippen LogP contribution in [0.4, 0.5) is 19.0 Å². The Labute approximate surface area is 148 Å². The maximum absolute atomic E-state index is 13.2. The number of rotatable bonds is 7. The topological polar surface area (TPSA) is 95.7 Å². The summed E-state index contributed by atoms with van der Waals surface area (Å²) in [6.07, 6.45) is -2.92. The zero-order valence-electron chi connectivity index (χ0n) is 14.5. The van der Waals surface area contributed by atoms with Crippen molar-refractivity contribution in [2.75, 3.05) is 18.4 Å². The number of halogens is 3. The number of nitrogens with zero attached hydrogens (tertiary/aromatic N) is 2. The fourth-order valence-corrected chi connectivity index (χ4v) is 3.18. The minimum absolute atomic E-state index is 0.176. The van der Waals surface area contributed by atoms with E-state index in [0.717, 1.165) is 6.42 Å². The van der Waals surface area contributed by atoms with Gasteiger partial charge in [0.15, 0.2) is 5.82 Å². The molecule has 146 valence electrons. The zero-order valence-corrected chi connectivity index (χ0v) is 14.5. The second-order valence-electron chi connectivity index (χ2n) is 6.52. The lowest BCUT2D eigenvalue weighted by molar-refractivity contribution is -0.188. The van der Waals surface area contributed by atoms with Crippen LogP contribution in [0.5, 0.6) is 0 Å². The normalized spacial score (nSPS) is 22.3. The van der Waals surface area contributed by atoms with Crippen molar-refractivity contribution >= 4 is 17.7 Å². The molecule has 1 fully saturated rings. The van der Waals surface area contributed by atoms with Crippen molar-refractivity contribution in [3.05, 3.63) is 11.8 Å². The molecule has 1 saturated heterocycles. The van der Waals surface area contributed by atoms with E-state index in [2.05, 4.69) is 10.5 Å². The van der Waals surface area contributed by atoms with Gasteiger partial charge >= 0.3 is 12.1 Å². The summed E-state index contributed by atoms with van der Waals surface area (Å²) >= 11 is 0. The molecule has 2 N–H and O–H groups in total. The lowest BCUT2D eigenvalue weighted by Crippen LogP contribution is -2.43. The maximum Gasteiger partial charge on any atom is 0.393 e. The molecular formula is C16H22F3N3O4. The number of hydrogen-bond donors (Lipinski definition) is 2. The molecule has 1 amide bonds. The molecule has 3 atom stereocenters. The SMILES string of the molecule is CCCCC(C(=O)Nc1cc(C)on1)N1C[C@@H](C(F)(F)F)[C@H](C(=O)O)C1. The van der Waals surface area contributed by atoms with Crippen molar-refractivity contribution < 1.29 is 32.4 Å². The highest BCUT2D eigenvalue weighted by Crippen LogP contribution is 2.39. The van der Waals surface area contributed by atoms with Gasteiger partial charge in [0.1, 0.15) is 5.76 Å². The second-order valence-corrected chi connectivity index (χ2v) is 6.52. The number of aryl methyl sites for hydroxylation is 1. The van der Waals surface area contributed by atoms with Gasteiger partial charge in [0.25, 0.3) is 0 Å². The van der Waals surface area contributed by atoms with Gasteiger partial charge < -0.3 is 14.9 Å². The Bertz CT molecular complexity index is 647. The molecule has 1 unspecified atom stereocenters. The Morgan fingerprint density at radius 2 is 2.15 bits per heavy atom. The van der Waals surface area contributed by atoms with E-state index in [1.165, 1.54) is 11.0 Å². The number of carboxylic acid groups (broad SMARTS) is 1. The lowest BCUT2D eigenvalue weighted by Gasteiger charge is -2.26. The summed E-state index contributed by atoms with van der Waals surface area (Å²) in [6, 6.07) is 0.637. The predicted octanol–water partition coefficient (Wildman–Crippen LogP) is 2.68. The molecule has 0 aromatic carbocycles. The summed E-state index contributed by atoms with van der Waals surface area (Å²) in [5.74, 6) is -4.94. The Kier molecular flexibility index (Phi) is 6.27. The first-order valence-electron chi connectivity index (χ1n) is 8.41. The summed E-state index contributed by atoms with van der Waals surface area (Å²) in [5, 5.41) is 15.3. The van der Waals surface area contributed by atoms with Crippen LogP contribution < -0.4 is 5.32 Å². The second kappa shape index (κ2) is 8.07. The number of carbonyl (C=O) groups excluding carboxylic acids is 1. The monoisotopic (exact) mass is 377 g/mol. The quantitative estimate of drug-likeness (QED) is 0.759. The molecule has 0 spiro atoms. The van der Waals surface area contributed by atoms with E-state index in [1.54, 1.807) is 6.92 Å². The molecule has 1 aromatic rings. The number of carbonyl (C=O) groups is 2. The number of aromatic nitrogens is 1. The van der Waals surface area contributed by atoms with Crippen LogP contribution in [0.2, 0.25) is 0 Å². The van der Waals surface area contributed by atoms with Gasteiger partial charge in [-0.05, 0) is 13.3 Å². The summed E-state index contributed by atoms with van der Waals surface area (Å²) in [5.41, 5.74) is 0. The van der Waals surface area contributed by atoms with E-state index in [9.17, 15) is 22.8 Å². The highest BCUT2D eigenvalue weighted by molar-refractivity contribution is 5.94. The molecule has 0 radical (unpaired) electrons. The van der Waals surface area contributed by atoms with Crippen LogP contribution in [-0.2, 0) is 9.59 Å². The largest absolute Gasteiger partial charge is 0.481 e. The summed E-state index contributed by atoms with van der Waals surface area (Å²) in [4.78, 5) is 25.2. The van der Waals surface area contributed by atoms with E-state index < -0.39 is 42.5 Å². The average molecular weight is 377 g/mol. The Hall–Kier alpha value is -2.10. The number of hydrogen-bond acceptors (Lipinski definition) is 5. The summed E-state index contributed by atoms with van der Waals surface area (Å²) < 4.78 is 44.5. The standard InChI is InChI=1S/C16H22F3N3O4/c1-3-4-5-12(14(23)20-13-6-9(2)26-21-13)22-7-10(15(24)25)11(8-22)16(17,18)19/h6,10-12H,3-5,7-8H2,1-2H3,(H,24,25)(H,20,21,23)/t10-,11-,12?/m1/s1. The molecular weight excluding hydrogens is 355 g/mol. The minimum atomic E-state index is -4.63. The number of carboxylic acids is 1. The summed E-state index contributed by atoms with van der Waals surface area (Å²) in [6.45, 7) is 2.71. The van der Waals surface area contributed by atoms with Crippen molar-refractivity contribution in [2.24, 2.45) is 11.8 Å². The molecule has 1 aromatic heterocycles. The first-order valence-corrected chi connectivity index (χ1v) is 8.41. The van der Waals surface area contributed by atoms with E-state index in [0.29, 0.717) is 18.6 Å². The van der Waals surface area contributed by atoms with E-state index >= 15 is 0 Å². The first-order chi connectivity index (χ1) is 12.1. The van der Waals surface area contributed by atoms with Gasteiger partial charge in [-0.25, -0.2) is 0 Å². The van der Waals surface area contributed by atoms with E-state index in [1.807, 2.05) is 6.92 Å². The van der Waals surface area contributed by atoms with E-state index in [-0.39, 0.29) is 12.4 Å². The number of nitrogens with one attached hydrogen (secondary N) is 1. The molecule has 26 heavy (non-hydrogen) atoms. The zero-order chi connectivity index (χ0) is 19.5. The van der Waals surface area contributed by atoms with Crippen LogP contribution in [0.25, 0.3) is 0 Å². The highest BCUT2D eigenvalue weighted by Gasteiger charge is 2.54. The third-order valence-electron chi connectivity index (χ3n) is 4.54. The predicted molar refractivity (Wildman–Crippen MR) is 85.4 cm³/mol. The molecule has 0 saturated carbocycles. The van der Waals surface area contributed by atoms with E-state index in [4.69, 9.17) is 9.63 Å². The van der Waals surface area contributed by atoms with Crippen LogP contribution in [-0.4, -0.2) is 52.3 Å². The minimum Gasteiger partial charge on any atom is -0.481 e. The molecule has 2 heterocycles. The highest BCUT2D eigenvalue weighted by atomic mass is 19.4. The van der Waals surface area contributed by atoms with Gasteiger partial charge in [0.2, 0.25) is 5.91 Å². The van der Waals surface area contributed by atoms with Crippen molar-refractivity contribution in [2.45, 2.75) is 45.3 Å². The first kappa shape index (κ1) is 20.2. The Morgan fingerprint density at radius 1 is 1.46 bits per heavy atom. The van der Waals surface area contributed by atoms with Crippen molar-refractivity contribution in [3.8, 4) is 0 Å². The molecule has 2 rings (SSSR count). The van der Waals surface area contributed by atoms with Gasteiger partial charge in [0.05, 0.1) is 17.9 Å². The molecule has 7 nitrogen and oxygen atoms in total. The van der Waals surface area contributed by atoms with Crippen molar-refractivity contribution in [3.63, 3.8) is 0 Å². The molecule has 0 aliphatic carbocycles. The number of unbranched alkanes of at least 4 members (excludes halogenated alkanes) is 1. The molecule has 0 bridgehead atoms. The van der Waals surface area contributed by atoms with Gasteiger partial charge in [0, 0.05) is 19.2 Å². The van der Waals surface area contributed by atoms with Crippen LogP contribution in [0.1, 0.15) is 31.9 Å². The number of aliphatic carboxylic acids is 1. The number of likely N-dealkylation sites (tertiary alicyclic amines) is 1. The van der Waals surface area contributed by atoms with Gasteiger partial charge in [-0.2, -0.15) is 13.2 Å². The van der Waals surface area contributed by atoms with Crippen LogP contribution in [0, 0.1) is 18.8 Å². The van der Waals surface area contributed by atoms with Crippen LogP contribution in [0.15, 0.2) is 10.6 Å². The lowest BCUT2D eigenvalue weighted by atomic mass is 9.96. The third-order valence-corrected chi connectivity index (χ3v) is 4.54. The Balaban J connectivity index is 2.17. The smallest absolute Gasteiger partial charge is 0.393 e.